The standard InChI is InChI=1S/C10H20N2.C3H8/c1-12-7-9-5-3-2-4-8(9)6-10(12)11;1-3-2/h8-10H,2-7,11H2,1H3;3H2,1-2H3. The van der Waals surface area contributed by atoms with Crippen LogP contribution in [0, 0.1) is 11.8 Å². The summed E-state index contributed by atoms with van der Waals surface area (Å²) in [6.45, 7) is 5.49. The molecule has 0 bridgehead atoms. The van der Waals surface area contributed by atoms with E-state index in [0.29, 0.717) is 6.17 Å². The van der Waals surface area contributed by atoms with Crippen LogP contribution in [0.2, 0.25) is 0 Å². The third-order valence-corrected chi connectivity index (χ3v) is 3.70. The summed E-state index contributed by atoms with van der Waals surface area (Å²) in [6.07, 6.45) is 8.60. The van der Waals surface area contributed by atoms with Crippen LogP contribution in [0.3, 0.4) is 0 Å². The molecule has 0 spiro atoms. The van der Waals surface area contributed by atoms with E-state index in [2.05, 4.69) is 25.8 Å². The van der Waals surface area contributed by atoms with Crippen LogP contribution in [0.5, 0.6) is 0 Å². The lowest BCUT2D eigenvalue weighted by Crippen LogP contribution is -2.50. The van der Waals surface area contributed by atoms with Gasteiger partial charge in [-0.25, -0.2) is 0 Å². The highest BCUT2D eigenvalue weighted by Crippen LogP contribution is 2.36. The van der Waals surface area contributed by atoms with E-state index in [9.17, 15) is 0 Å². The van der Waals surface area contributed by atoms with E-state index < -0.39 is 0 Å². The van der Waals surface area contributed by atoms with Gasteiger partial charge in [-0.15, -0.1) is 0 Å². The van der Waals surface area contributed by atoms with E-state index in [1.807, 2.05) is 0 Å². The SMILES string of the molecule is CCC.CN1CC2CCCCC2CC1N. The van der Waals surface area contributed by atoms with Gasteiger partial charge in [0.15, 0.2) is 0 Å². The van der Waals surface area contributed by atoms with Crippen molar-refractivity contribution >= 4 is 0 Å². The minimum Gasteiger partial charge on any atom is -0.316 e. The number of nitrogens with zero attached hydrogens (tertiary/aromatic N) is 1. The highest BCUT2D eigenvalue weighted by molar-refractivity contribution is 4.85. The molecule has 1 aliphatic carbocycles. The van der Waals surface area contributed by atoms with Gasteiger partial charge >= 0.3 is 0 Å². The Kier molecular flexibility index (Phi) is 5.62. The number of hydrogen-bond donors (Lipinski definition) is 1. The molecular weight excluding hydrogens is 184 g/mol. The molecule has 0 aromatic heterocycles. The lowest BCUT2D eigenvalue weighted by atomic mass is 9.74. The predicted molar refractivity (Wildman–Crippen MR) is 66.6 cm³/mol. The zero-order valence-corrected chi connectivity index (χ0v) is 10.7. The Labute approximate surface area is 95.2 Å². The zero-order valence-electron chi connectivity index (χ0n) is 10.7. The molecule has 0 aromatic carbocycles. The molecule has 2 heteroatoms. The Morgan fingerprint density at radius 1 is 1.13 bits per heavy atom. The monoisotopic (exact) mass is 212 g/mol. The second kappa shape index (κ2) is 6.49. The van der Waals surface area contributed by atoms with Crippen molar-refractivity contribution in [3.05, 3.63) is 0 Å². The van der Waals surface area contributed by atoms with Crippen molar-refractivity contribution in [1.82, 2.24) is 4.90 Å². The molecule has 1 saturated carbocycles. The maximum Gasteiger partial charge on any atom is 0.0572 e. The highest BCUT2D eigenvalue weighted by atomic mass is 15.2. The fourth-order valence-electron chi connectivity index (χ4n) is 2.83. The molecule has 1 heterocycles. The molecule has 90 valence electrons. The maximum atomic E-state index is 6.01. The minimum absolute atomic E-state index is 0.337. The molecule has 1 saturated heterocycles. The van der Waals surface area contributed by atoms with E-state index in [-0.39, 0.29) is 0 Å². The largest absolute Gasteiger partial charge is 0.316 e. The third-order valence-electron chi connectivity index (χ3n) is 3.70. The van der Waals surface area contributed by atoms with Gasteiger partial charge in [-0.3, -0.25) is 4.90 Å². The fourth-order valence-corrected chi connectivity index (χ4v) is 2.83. The first kappa shape index (κ1) is 13.0. The van der Waals surface area contributed by atoms with Crippen LogP contribution >= 0.6 is 0 Å². The van der Waals surface area contributed by atoms with Crippen LogP contribution < -0.4 is 5.73 Å². The Hall–Kier alpha value is -0.0800. The van der Waals surface area contributed by atoms with Crippen LogP contribution in [0.25, 0.3) is 0 Å². The Bertz CT molecular complexity index is 152. The molecule has 1 aliphatic heterocycles. The Morgan fingerprint density at radius 3 is 2.27 bits per heavy atom. The number of fused-ring (bicyclic) bond motifs is 1. The van der Waals surface area contributed by atoms with Gasteiger partial charge in [0.25, 0.3) is 0 Å². The topological polar surface area (TPSA) is 29.3 Å². The van der Waals surface area contributed by atoms with Crippen molar-refractivity contribution in [2.24, 2.45) is 17.6 Å². The van der Waals surface area contributed by atoms with Crippen LogP contribution in [0.1, 0.15) is 52.4 Å². The van der Waals surface area contributed by atoms with Crippen LogP contribution in [0.15, 0.2) is 0 Å². The third kappa shape index (κ3) is 3.76. The van der Waals surface area contributed by atoms with Crippen molar-refractivity contribution in [2.75, 3.05) is 13.6 Å². The summed E-state index contributed by atoms with van der Waals surface area (Å²) in [7, 11) is 2.16. The molecular formula is C13H28N2. The molecule has 15 heavy (non-hydrogen) atoms. The summed E-state index contributed by atoms with van der Waals surface area (Å²) in [5, 5.41) is 0. The Morgan fingerprint density at radius 2 is 1.67 bits per heavy atom. The van der Waals surface area contributed by atoms with Gasteiger partial charge in [-0.2, -0.15) is 0 Å². The van der Waals surface area contributed by atoms with E-state index in [0.717, 1.165) is 11.8 Å². The molecule has 2 fully saturated rings. The number of likely N-dealkylation sites (tertiary alicyclic amines) is 1. The number of hydrogen-bond acceptors (Lipinski definition) is 2. The number of rotatable bonds is 0. The van der Waals surface area contributed by atoms with Crippen molar-refractivity contribution < 1.29 is 0 Å². The summed E-state index contributed by atoms with van der Waals surface area (Å²) in [4.78, 5) is 2.33. The number of piperidine rings is 1. The minimum atomic E-state index is 0.337. The second-order valence-electron chi connectivity index (χ2n) is 5.25. The molecule has 0 amide bonds. The number of nitrogens with two attached hydrogens (primary N) is 1. The molecule has 0 radical (unpaired) electrons. The first-order valence-electron chi connectivity index (χ1n) is 6.64. The van der Waals surface area contributed by atoms with Gasteiger partial charge in [0, 0.05) is 6.54 Å². The quantitative estimate of drug-likeness (QED) is 0.669. The van der Waals surface area contributed by atoms with E-state index in [4.69, 9.17) is 5.73 Å². The van der Waals surface area contributed by atoms with Crippen molar-refractivity contribution in [1.29, 1.82) is 0 Å². The molecule has 3 atom stereocenters. The summed E-state index contributed by atoms with van der Waals surface area (Å²) >= 11 is 0. The van der Waals surface area contributed by atoms with Gasteiger partial charge in [-0.05, 0) is 31.7 Å². The van der Waals surface area contributed by atoms with Crippen LogP contribution in [-0.2, 0) is 0 Å². The molecule has 2 nitrogen and oxygen atoms in total. The van der Waals surface area contributed by atoms with E-state index >= 15 is 0 Å². The average molecular weight is 212 g/mol. The zero-order chi connectivity index (χ0) is 11.3. The van der Waals surface area contributed by atoms with Gasteiger partial charge < -0.3 is 5.73 Å². The molecule has 2 rings (SSSR count). The second-order valence-corrected chi connectivity index (χ2v) is 5.25. The molecule has 2 aliphatic rings. The fraction of sp³-hybridized carbons (Fsp3) is 1.00. The van der Waals surface area contributed by atoms with Gasteiger partial charge in [0.1, 0.15) is 0 Å². The predicted octanol–water partition coefficient (Wildman–Crippen LogP) is 2.83. The van der Waals surface area contributed by atoms with Crippen molar-refractivity contribution in [2.45, 2.75) is 58.5 Å². The van der Waals surface area contributed by atoms with Crippen LogP contribution in [-0.4, -0.2) is 24.7 Å². The van der Waals surface area contributed by atoms with Gasteiger partial charge in [0.05, 0.1) is 6.17 Å². The maximum absolute atomic E-state index is 6.01. The van der Waals surface area contributed by atoms with Crippen molar-refractivity contribution in [3.63, 3.8) is 0 Å². The normalized spacial score (nSPS) is 36.4. The molecule has 3 unspecified atom stereocenters. The summed E-state index contributed by atoms with van der Waals surface area (Å²) in [6, 6.07) is 0. The summed E-state index contributed by atoms with van der Waals surface area (Å²) in [5.41, 5.74) is 6.01. The lowest BCUT2D eigenvalue weighted by Gasteiger charge is -2.43. The molecule has 0 aromatic rings. The first-order chi connectivity index (χ1) is 7.19. The summed E-state index contributed by atoms with van der Waals surface area (Å²) < 4.78 is 0. The lowest BCUT2D eigenvalue weighted by molar-refractivity contribution is 0.0599. The van der Waals surface area contributed by atoms with Crippen molar-refractivity contribution in [3.8, 4) is 0 Å². The Balaban J connectivity index is 0.000000337. The first-order valence-corrected chi connectivity index (χ1v) is 6.64. The van der Waals surface area contributed by atoms with E-state index in [1.54, 1.807) is 0 Å². The van der Waals surface area contributed by atoms with E-state index in [1.165, 1.54) is 45.1 Å². The smallest absolute Gasteiger partial charge is 0.0572 e. The van der Waals surface area contributed by atoms with Gasteiger partial charge in [0.2, 0.25) is 0 Å². The van der Waals surface area contributed by atoms with Crippen LogP contribution in [0.4, 0.5) is 0 Å². The average Bonchev–Trinajstić information content (AvgIpc) is 2.21. The van der Waals surface area contributed by atoms with Gasteiger partial charge in [-0.1, -0.05) is 39.5 Å². The highest BCUT2D eigenvalue weighted by Gasteiger charge is 2.33. The molecule has 2 N–H and O–H groups in total. The summed E-state index contributed by atoms with van der Waals surface area (Å²) in [5.74, 6) is 1.91.